The van der Waals surface area contributed by atoms with Crippen molar-refractivity contribution < 1.29 is 9.18 Å². The molecule has 146 valence electrons. The minimum absolute atomic E-state index is 0.0558. The Balaban J connectivity index is 1.44. The molecule has 10 heteroatoms. The molecule has 1 atom stereocenters. The minimum atomic E-state index is -0.323. The average molecular weight is 421 g/mol. The predicted octanol–water partition coefficient (Wildman–Crippen LogP) is 3.93. The monoisotopic (exact) mass is 420 g/mol. The molecule has 1 fully saturated rings. The van der Waals surface area contributed by atoms with Crippen molar-refractivity contribution in [1.82, 2.24) is 20.1 Å². The lowest BCUT2D eigenvalue weighted by Crippen LogP contribution is -2.55. The van der Waals surface area contributed by atoms with Crippen molar-refractivity contribution in [3.8, 4) is 0 Å². The second-order valence-electron chi connectivity index (χ2n) is 6.71. The van der Waals surface area contributed by atoms with Gasteiger partial charge in [-0.3, -0.25) is 5.32 Å². The van der Waals surface area contributed by atoms with Crippen molar-refractivity contribution in [2.45, 2.75) is 19.9 Å². The van der Waals surface area contributed by atoms with E-state index < -0.39 is 0 Å². The zero-order valence-corrected chi connectivity index (χ0v) is 16.9. The summed E-state index contributed by atoms with van der Waals surface area (Å²) in [5.41, 5.74) is 1.42. The number of amides is 2. The van der Waals surface area contributed by atoms with Gasteiger partial charge in [-0.2, -0.15) is 5.10 Å². The Morgan fingerprint density at radius 3 is 2.89 bits per heavy atom. The van der Waals surface area contributed by atoms with Crippen molar-refractivity contribution in [3.05, 3.63) is 40.8 Å². The third-order valence-corrected chi connectivity index (χ3v) is 5.82. The summed E-state index contributed by atoms with van der Waals surface area (Å²) in [5, 5.41) is 12.1. The van der Waals surface area contributed by atoms with Crippen molar-refractivity contribution in [2.75, 3.05) is 29.9 Å². The highest BCUT2D eigenvalue weighted by atomic mass is 35.5. The van der Waals surface area contributed by atoms with Crippen LogP contribution in [0.3, 0.4) is 0 Å². The van der Waals surface area contributed by atoms with Gasteiger partial charge in [-0.15, -0.1) is 5.10 Å². The third kappa shape index (κ3) is 3.72. The van der Waals surface area contributed by atoms with Gasteiger partial charge in [0.15, 0.2) is 10.9 Å². The van der Waals surface area contributed by atoms with E-state index in [4.69, 9.17) is 11.6 Å². The molecule has 1 unspecified atom stereocenters. The number of rotatable bonds is 2. The first-order valence-electron chi connectivity index (χ1n) is 8.79. The van der Waals surface area contributed by atoms with Gasteiger partial charge in [0, 0.05) is 25.7 Å². The van der Waals surface area contributed by atoms with Gasteiger partial charge in [-0.25, -0.2) is 14.2 Å². The number of hydrogen-bond donors (Lipinski definition) is 1. The largest absolute Gasteiger partial charge is 0.350 e. The second-order valence-corrected chi connectivity index (χ2v) is 8.14. The smallest absolute Gasteiger partial charge is 0.324 e. The number of urea groups is 1. The Morgan fingerprint density at radius 1 is 1.32 bits per heavy atom. The number of carbonyl (C=O) groups is 1. The fourth-order valence-corrected chi connectivity index (χ4v) is 4.43. The van der Waals surface area contributed by atoms with E-state index in [-0.39, 0.29) is 17.9 Å². The summed E-state index contributed by atoms with van der Waals surface area (Å²) in [6, 6.07) is 5.87. The molecule has 0 spiro atoms. The zero-order valence-electron chi connectivity index (χ0n) is 15.3. The Morgan fingerprint density at radius 2 is 2.14 bits per heavy atom. The lowest BCUT2D eigenvalue weighted by molar-refractivity contribution is 0.184. The number of aromatic nitrogens is 3. The number of nitrogens with zero attached hydrogens (tertiary/aromatic N) is 5. The van der Waals surface area contributed by atoms with Gasteiger partial charge in [0.05, 0.1) is 20.9 Å². The van der Waals surface area contributed by atoms with Crippen LogP contribution in [-0.4, -0.2) is 51.8 Å². The van der Waals surface area contributed by atoms with Crippen LogP contribution in [0.1, 0.15) is 12.6 Å². The molecule has 0 radical (unpaired) electrons. The highest BCUT2D eigenvalue weighted by Gasteiger charge is 2.29. The molecular weight excluding hydrogens is 403 g/mol. The van der Waals surface area contributed by atoms with Crippen molar-refractivity contribution in [2.24, 2.45) is 0 Å². The molecule has 1 N–H and O–H groups in total. The lowest BCUT2D eigenvalue weighted by atomic mass is 10.2. The highest BCUT2D eigenvalue weighted by molar-refractivity contribution is 7.22. The minimum Gasteiger partial charge on any atom is -0.350 e. The fourth-order valence-electron chi connectivity index (χ4n) is 3.23. The van der Waals surface area contributed by atoms with Gasteiger partial charge in [-0.05, 0) is 38.1 Å². The summed E-state index contributed by atoms with van der Waals surface area (Å²) in [5.74, 6) is 0.309. The molecule has 1 aliphatic rings. The van der Waals surface area contributed by atoms with Crippen molar-refractivity contribution >= 4 is 50.1 Å². The molecule has 0 bridgehead atoms. The van der Waals surface area contributed by atoms with Crippen LogP contribution in [0.4, 0.5) is 20.1 Å². The first kappa shape index (κ1) is 18.8. The maximum atomic E-state index is 13.3. The molecular formula is C18H18ClFN6OS. The van der Waals surface area contributed by atoms with E-state index in [0.29, 0.717) is 45.8 Å². The molecule has 28 heavy (non-hydrogen) atoms. The van der Waals surface area contributed by atoms with E-state index >= 15 is 0 Å². The normalized spacial score (nSPS) is 17.2. The van der Waals surface area contributed by atoms with Crippen molar-refractivity contribution in [1.29, 1.82) is 0 Å². The molecule has 1 saturated heterocycles. The quantitative estimate of drug-likeness (QED) is 0.679. The molecule has 7 nitrogen and oxygen atoms in total. The molecule has 2 aromatic heterocycles. The van der Waals surface area contributed by atoms with Crippen LogP contribution in [0, 0.1) is 12.7 Å². The molecule has 0 saturated carbocycles. The SMILES string of the molecule is Cc1cc(Cl)c(N2CCN(C(=O)Nc3nc4ccc(F)cc4s3)C(C)C2)nn1. The van der Waals surface area contributed by atoms with Gasteiger partial charge in [0.1, 0.15) is 5.82 Å². The summed E-state index contributed by atoms with van der Waals surface area (Å²) in [7, 11) is 0. The number of nitrogens with one attached hydrogen (secondary N) is 1. The standard InChI is InChI=1S/C18H18ClFN6OS/c1-10-7-13(19)16(24-23-10)25-5-6-26(11(2)9-25)18(27)22-17-21-14-4-3-12(20)8-15(14)28-17/h3-4,7-8,11H,5-6,9H2,1-2H3,(H,21,22,27). The number of halogens is 2. The fraction of sp³-hybridized carbons (Fsp3) is 0.333. The Hall–Kier alpha value is -2.52. The maximum Gasteiger partial charge on any atom is 0.324 e. The number of anilines is 2. The number of fused-ring (bicyclic) bond motifs is 1. The van der Waals surface area contributed by atoms with Gasteiger partial charge < -0.3 is 9.80 Å². The number of benzene rings is 1. The Kier molecular flexibility index (Phi) is 5.03. The third-order valence-electron chi connectivity index (χ3n) is 4.60. The van der Waals surface area contributed by atoms with Crippen molar-refractivity contribution in [3.63, 3.8) is 0 Å². The van der Waals surface area contributed by atoms with E-state index in [9.17, 15) is 9.18 Å². The molecule has 3 aromatic rings. The number of piperazine rings is 1. The lowest BCUT2D eigenvalue weighted by Gasteiger charge is -2.40. The summed E-state index contributed by atoms with van der Waals surface area (Å²) in [6.07, 6.45) is 0. The van der Waals surface area contributed by atoms with E-state index in [2.05, 4.69) is 20.5 Å². The van der Waals surface area contributed by atoms with E-state index in [1.807, 2.05) is 18.7 Å². The Bertz CT molecular complexity index is 1040. The second kappa shape index (κ2) is 7.48. The van der Waals surface area contributed by atoms with E-state index in [0.717, 1.165) is 5.69 Å². The van der Waals surface area contributed by atoms with Crippen LogP contribution < -0.4 is 10.2 Å². The van der Waals surface area contributed by atoms with Gasteiger partial charge >= 0.3 is 6.03 Å². The Labute approximate surface area is 170 Å². The van der Waals surface area contributed by atoms with Crippen LogP contribution in [0.5, 0.6) is 0 Å². The summed E-state index contributed by atoms with van der Waals surface area (Å²) in [4.78, 5) is 20.8. The average Bonchev–Trinajstić information content (AvgIpc) is 3.02. The molecule has 2 amide bonds. The van der Waals surface area contributed by atoms with Gasteiger partial charge in [0.25, 0.3) is 0 Å². The number of hydrogen-bond acceptors (Lipinski definition) is 6. The molecule has 4 rings (SSSR count). The first-order chi connectivity index (χ1) is 13.4. The number of thiazole rings is 1. The topological polar surface area (TPSA) is 74.2 Å². The summed E-state index contributed by atoms with van der Waals surface area (Å²) in [6.45, 7) is 5.51. The number of aryl methyl sites for hydroxylation is 1. The number of carbonyl (C=O) groups excluding carboxylic acids is 1. The molecule has 3 heterocycles. The van der Waals surface area contributed by atoms with Crippen LogP contribution >= 0.6 is 22.9 Å². The van der Waals surface area contributed by atoms with Crippen LogP contribution in [0.15, 0.2) is 24.3 Å². The summed E-state index contributed by atoms with van der Waals surface area (Å²) >= 11 is 7.55. The van der Waals surface area contributed by atoms with Gasteiger partial charge in [-0.1, -0.05) is 22.9 Å². The van der Waals surface area contributed by atoms with Crippen LogP contribution in [0.25, 0.3) is 10.2 Å². The van der Waals surface area contributed by atoms with Crippen LogP contribution in [0.2, 0.25) is 5.02 Å². The molecule has 0 aliphatic carbocycles. The highest BCUT2D eigenvalue weighted by Crippen LogP contribution is 2.28. The van der Waals surface area contributed by atoms with E-state index in [1.54, 1.807) is 17.0 Å². The maximum absolute atomic E-state index is 13.3. The predicted molar refractivity (Wildman–Crippen MR) is 109 cm³/mol. The first-order valence-corrected chi connectivity index (χ1v) is 9.98. The molecule has 1 aromatic carbocycles. The summed E-state index contributed by atoms with van der Waals surface area (Å²) < 4.78 is 14.0. The molecule has 1 aliphatic heterocycles. The zero-order chi connectivity index (χ0) is 19.8. The van der Waals surface area contributed by atoms with E-state index in [1.165, 1.54) is 23.5 Å². The van der Waals surface area contributed by atoms with Gasteiger partial charge in [0.2, 0.25) is 0 Å². The van der Waals surface area contributed by atoms with Crippen LogP contribution in [-0.2, 0) is 0 Å².